The van der Waals surface area contributed by atoms with Crippen molar-refractivity contribution < 1.29 is 9.59 Å². The van der Waals surface area contributed by atoms with Crippen molar-refractivity contribution in [3.63, 3.8) is 0 Å². The second-order valence-electron chi connectivity index (χ2n) is 4.30. The molecule has 0 saturated heterocycles. The Morgan fingerprint density at radius 3 is 2.47 bits per heavy atom. The minimum Gasteiger partial charge on any atom is -0.351 e. The maximum Gasteiger partial charge on any atom is 0.314 e. The van der Waals surface area contributed by atoms with Crippen LogP contribution in [-0.4, -0.2) is 29.8 Å². The number of urea groups is 1. The molecule has 0 aliphatic heterocycles. The van der Waals surface area contributed by atoms with Crippen LogP contribution in [0.3, 0.4) is 0 Å². The summed E-state index contributed by atoms with van der Waals surface area (Å²) in [4.78, 5) is 23.8. The van der Waals surface area contributed by atoms with Gasteiger partial charge in [-0.25, -0.2) is 4.79 Å². The van der Waals surface area contributed by atoms with Gasteiger partial charge in [0.1, 0.15) is 5.78 Å². The smallest absolute Gasteiger partial charge is 0.314 e. The third-order valence-electron chi connectivity index (χ3n) is 3.40. The van der Waals surface area contributed by atoms with E-state index in [2.05, 4.69) is 6.92 Å². The van der Waals surface area contributed by atoms with Crippen LogP contribution in [0.2, 0.25) is 0 Å². The van der Waals surface area contributed by atoms with Crippen molar-refractivity contribution in [2.24, 2.45) is 11.7 Å². The molecule has 1 saturated carbocycles. The van der Waals surface area contributed by atoms with Crippen molar-refractivity contribution in [3.05, 3.63) is 0 Å². The SMILES string of the molecule is CCC(C1CCC(=O)CC1)N(C)C(N)=O. The van der Waals surface area contributed by atoms with Crippen LogP contribution >= 0.6 is 0 Å². The molecule has 0 bridgehead atoms. The van der Waals surface area contributed by atoms with Gasteiger partial charge in [-0.2, -0.15) is 0 Å². The van der Waals surface area contributed by atoms with Gasteiger partial charge in [0.2, 0.25) is 0 Å². The van der Waals surface area contributed by atoms with Crippen molar-refractivity contribution in [2.45, 2.75) is 45.1 Å². The molecule has 2 amide bonds. The average Bonchev–Trinajstić information content (AvgIpc) is 2.21. The van der Waals surface area contributed by atoms with E-state index in [1.165, 1.54) is 0 Å². The Labute approximate surface area is 90.8 Å². The summed E-state index contributed by atoms with van der Waals surface area (Å²) in [5, 5.41) is 0. The number of nitrogens with zero attached hydrogens (tertiary/aromatic N) is 1. The molecule has 0 radical (unpaired) electrons. The molecular weight excluding hydrogens is 192 g/mol. The van der Waals surface area contributed by atoms with Crippen LogP contribution in [0.4, 0.5) is 4.79 Å². The van der Waals surface area contributed by atoms with Gasteiger partial charge in [-0.3, -0.25) is 4.79 Å². The van der Waals surface area contributed by atoms with Crippen LogP contribution < -0.4 is 5.73 Å². The molecule has 0 aromatic rings. The van der Waals surface area contributed by atoms with E-state index in [0.717, 1.165) is 19.3 Å². The highest BCUT2D eigenvalue weighted by molar-refractivity contribution is 5.79. The molecule has 0 aromatic carbocycles. The monoisotopic (exact) mass is 212 g/mol. The van der Waals surface area contributed by atoms with Crippen molar-refractivity contribution >= 4 is 11.8 Å². The van der Waals surface area contributed by atoms with E-state index in [-0.39, 0.29) is 12.1 Å². The van der Waals surface area contributed by atoms with Crippen LogP contribution in [0.5, 0.6) is 0 Å². The Hall–Kier alpha value is -1.06. The lowest BCUT2D eigenvalue weighted by Crippen LogP contribution is -2.45. The largest absolute Gasteiger partial charge is 0.351 e. The summed E-state index contributed by atoms with van der Waals surface area (Å²) in [5.74, 6) is 0.785. The molecule has 1 rings (SSSR count). The standard InChI is InChI=1S/C11H20N2O2/c1-3-10(13(2)11(12)15)8-4-6-9(14)7-5-8/h8,10H,3-7H2,1-2H3,(H2,12,15). The van der Waals surface area contributed by atoms with Gasteiger partial charge in [0.05, 0.1) is 0 Å². The van der Waals surface area contributed by atoms with Crippen LogP contribution in [-0.2, 0) is 4.79 Å². The maximum atomic E-state index is 11.1. The fourth-order valence-electron chi connectivity index (χ4n) is 2.43. The van der Waals surface area contributed by atoms with E-state index in [4.69, 9.17) is 5.73 Å². The van der Waals surface area contributed by atoms with E-state index in [1.807, 2.05) is 0 Å². The Bertz CT molecular complexity index is 243. The maximum absolute atomic E-state index is 11.1. The zero-order chi connectivity index (χ0) is 11.4. The Morgan fingerprint density at radius 2 is 2.07 bits per heavy atom. The summed E-state index contributed by atoms with van der Waals surface area (Å²) in [6.07, 6.45) is 4.02. The van der Waals surface area contributed by atoms with Crippen LogP contribution in [0.25, 0.3) is 0 Å². The van der Waals surface area contributed by atoms with E-state index in [1.54, 1.807) is 11.9 Å². The number of hydrogen-bond acceptors (Lipinski definition) is 2. The summed E-state index contributed by atoms with van der Waals surface area (Å²) >= 11 is 0. The summed E-state index contributed by atoms with van der Waals surface area (Å²) in [7, 11) is 1.74. The van der Waals surface area contributed by atoms with E-state index >= 15 is 0 Å². The minimum atomic E-state index is -0.376. The number of amides is 2. The van der Waals surface area contributed by atoms with Gasteiger partial charge in [-0.1, -0.05) is 6.92 Å². The van der Waals surface area contributed by atoms with E-state index < -0.39 is 0 Å². The Kier molecular flexibility index (Phi) is 4.12. The number of carbonyl (C=O) groups excluding carboxylic acids is 2. The number of rotatable bonds is 3. The average molecular weight is 212 g/mol. The summed E-state index contributed by atoms with van der Waals surface area (Å²) < 4.78 is 0. The molecular formula is C11H20N2O2. The summed E-state index contributed by atoms with van der Waals surface area (Å²) in [6, 6.07) is -0.186. The molecule has 1 unspecified atom stereocenters. The first kappa shape index (κ1) is 12.0. The molecule has 1 atom stereocenters. The number of carbonyl (C=O) groups is 2. The number of Topliss-reactive ketones (excluding diaryl/α,β-unsaturated/α-hetero) is 1. The van der Waals surface area contributed by atoms with Crippen LogP contribution in [0.1, 0.15) is 39.0 Å². The Balaban J connectivity index is 2.58. The van der Waals surface area contributed by atoms with Crippen LogP contribution in [0.15, 0.2) is 0 Å². The van der Waals surface area contributed by atoms with Gasteiger partial charge in [-0.05, 0) is 25.2 Å². The molecule has 86 valence electrons. The first-order valence-electron chi connectivity index (χ1n) is 5.60. The number of ketones is 1. The molecule has 0 spiro atoms. The fraction of sp³-hybridized carbons (Fsp3) is 0.818. The second kappa shape index (κ2) is 5.14. The molecule has 0 heterocycles. The van der Waals surface area contributed by atoms with Gasteiger partial charge in [0, 0.05) is 25.9 Å². The molecule has 2 N–H and O–H groups in total. The molecule has 1 aliphatic carbocycles. The van der Waals surface area contributed by atoms with Crippen molar-refractivity contribution in [2.75, 3.05) is 7.05 Å². The molecule has 0 aromatic heterocycles. The minimum absolute atomic E-state index is 0.190. The molecule has 4 heteroatoms. The lowest BCUT2D eigenvalue weighted by Gasteiger charge is -2.34. The number of hydrogen-bond donors (Lipinski definition) is 1. The molecule has 1 aliphatic rings. The van der Waals surface area contributed by atoms with Gasteiger partial charge in [0.15, 0.2) is 0 Å². The first-order chi connectivity index (χ1) is 7.06. The highest BCUT2D eigenvalue weighted by Gasteiger charge is 2.29. The van der Waals surface area contributed by atoms with Gasteiger partial charge in [0.25, 0.3) is 0 Å². The molecule has 1 fully saturated rings. The predicted molar refractivity (Wildman–Crippen MR) is 58.4 cm³/mol. The molecule has 15 heavy (non-hydrogen) atoms. The predicted octanol–water partition coefficient (Wildman–Crippen LogP) is 1.53. The van der Waals surface area contributed by atoms with Gasteiger partial charge in [-0.15, -0.1) is 0 Å². The van der Waals surface area contributed by atoms with Crippen molar-refractivity contribution in [1.82, 2.24) is 4.90 Å². The number of primary amides is 1. The van der Waals surface area contributed by atoms with Gasteiger partial charge < -0.3 is 10.6 Å². The van der Waals surface area contributed by atoms with Crippen molar-refractivity contribution in [1.29, 1.82) is 0 Å². The zero-order valence-electron chi connectivity index (χ0n) is 9.53. The quantitative estimate of drug-likeness (QED) is 0.771. The lowest BCUT2D eigenvalue weighted by atomic mass is 9.82. The normalized spacial score (nSPS) is 20.0. The third kappa shape index (κ3) is 2.94. The van der Waals surface area contributed by atoms with E-state index in [9.17, 15) is 9.59 Å². The van der Waals surface area contributed by atoms with E-state index in [0.29, 0.717) is 24.5 Å². The highest BCUT2D eigenvalue weighted by Crippen LogP contribution is 2.28. The van der Waals surface area contributed by atoms with Gasteiger partial charge >= 0.3 is 6.03 Å². The third-order valence-corrected chi connectivity index (χ3v) is 3.40. The van der Waals surface area contributed by atoms with Crippen molar-refractivity contribution in [3.8, 4) is 0 Å². The summed E-state index contributed by atoms with van der Waals surface area (Å²) in [6.45, 7) is 2.06. The second-order valence-corrected chi connectivity index (χ2v) is 4.30. The fourth-order valence-corrected chi connectivity index (χ4v) is 2.43. The van der Waals surface area contributed by atoms with Crippen LogP contribution in [0, 0.1) is 5.92 Å². The zero-order valence-corrected chi connectivity index (χ0v) is 9.53. The summed E-state index contributed by atoms with van der Waals surface area (Å²) in [5.41, 5.74) is 5.27. The number of nitrogens with two attached hydrogens (primary N) is 1. The molecule has 4 nitrogen and oxygen atoms in total. The first-order valence-corrected chi connectivity index (χ1v) is 5.60. The topological polar surface area (TPSA) is 63.4 Å². The Morgan fingerprint density at radius 1 is 1.53 bits per heavy atom. The lowest BCUT2D eigenvalue weighted by molar-refractivity contribution is -0.121. The highest BCUT2D eigenvalue weighted by atomic mass is 16.2.